The Morgan fingerprint density at radius 2 is 1.71 bits per heavy atom. The fraction of sp³-hybridized carbons (Fsp3) is 0.462. The van der Waals surface area contributed by atoms with Crippen molar-refractivity contribution in [3.05, 3.63) is 65.7 Å². The molecule has 4 N–H and O–H groups in total. The minimum Gasteiger partial charge on any atom is -0.497 e. The first-order chi connectivity index (χ1) is 16.3. The smallest absolute Gasteiger partial charge is 0.407 e. The number of ether oxygens (including phenoxy) is 2. The van der Waals surface area contributed by atoms with Crippen LogP contribution >= 0.6 is 0 Å². The molecule has 2 rings (SSSR count). The number of hydrazine groups is 1. The van der Waals surface area contributed by atoms with Crippen LogP contribution in [0, 0.1) is 5.92 Å². The third-order valence-corrected chi connectivity index (χ3v) is 5.47. The van der Waals surface area contributed by atoms with E-state index >= 15 is 0 Å². The fourth-order valence-electron chi connectivity index (χ4n) is 3.53. The molecule has 0 fully saturated rings. The van der Waals surface area contributed by atoms with Crippen LogP contribution in [0.1, 0.15) is 44.7 Å². The summed E-state index contributed by atoms with van der Waals surface area (Å²) in [5.74, 6) is 0.279. The number of amides is 2. The van der Waals surface area contributed by atoms with Crippen LogP contribution < -0.4 is 21.2 Å². The lowest BCUT2D eigenvalue weighted by Gasteiger charge is -2.32. The molecule has 0 radical (unpaired) electrons. The number of nitrogens with one attached hydrogen (secondary N) is 2. The van der Waals surface area contributed by atoms with Gasteiger partial charge in [-0.1, -0.05) is 56.3 Å². The van der Waals surface area contributed by atoms with Gasteiger partial charge < -0.3 is 20.5 Å². The molecule has 34 heavy (non-hydrogen) atoms. The molecular formula is C26H38N4O4. The summed E-state index contributed by atoms with van der Waals surface area (Å²) < 4.78 is 10.2. The summed E-state index contributed by atoms with van der Waals surface area (Å²) in [5, 5.41) is 4.38. The number of nitrogens with zero attached hydrogens (tertiary/aromatic N) is 1. The largest absolute Gasteiger partial charge is 0.497 e. The summed E-state index contributed by atoms with van der Waals surface area (Å²) in [6, 6.07) is 17.1. The van der Waals surface area contributed by atoms with Crippen LogP contribution in [0.3, 0.4) is 0 Å². The van der Waals surface area contributed by atoms with Crippen molar-refractivity contribution in [3.8, 4) is 5.75 Å². The number of aryl methyl sites for hydroxylation is 1. The van der Waals surface area contributed by atoms with Crippen molar-refractivity contribution >= 4 is 12.0 Å². The quantitative estimate of drug-likeness (QED) is 0.305. The van der Waals surface area contributed by atoms with Crippen LogP contribution in [0.4, 0.5) is 4.79 Å². The van der Waals surface area contributed by atoms with Crippen molar-refractivity contribution in [2.75, 3.05) is 13.7 Å². The highest BCUT2D eigenvalue weighted by Crippen LogP contribution is 2.15. The van der Waals surface area contributed by atoms with Gasteiger partial charge in [-0.25, -0.2) is 9.80 Å². The predicted octanol–water partition coefficient (Wildman–Crippen LogP) is 3.61. The zero-order valence-electron chi connectivity index (χ0n) is 20.6. The van der Waals surface area contributed by atoms with Gasteiger partial charge in [0.25, 0.3) is 5.91 Å². The molecule has 2 aromatic rings. The Morgan fingerprint density at radius 1 is 1.03 bits per heavy atom. The lowest BCUT2D eigenvalue weighted by atomic mass is 10.0. The number of carbonyl (C=O) groups excluding carboxylic acids is 2. The standard InChI is InChI=1S/C26H38N4O4/c1-5-34-26(32)28-24(19(2)3)25(31)29-30(18-21-14-16-22(33-4)17-15-21)23(27)13-9-12-20-10-7-6-8-11-20/h6-8,10-11,14-17,19,23-24H,5,9,12-13,18,27H2,1-4H3,(H,28,32)(H,29,31)/t23?,24-/m0/s1. The summed E-state index contributed by atoms with van der Waals surface area (Å²) in [7, 11) is 1.62. The van der Waals surface area contributed by atoms with Crippen LogP contribution in [0.2, 0.25) is 0 Å². The van der Waals surface area contributed by atoms with E-state index in [0.29, 0.717) is 13.0 Å². The van der Waals surface area contributed by atoms with Crippen LogP contribution in [0.25, 0.3) is 0 Å². The Balaban J connectivity index is 2.10. The molecule has 0 saturated heterocycles. The zero-order chi connectivity index (χ0) is 24.9. The molecule has 2 aromatic carbocycles. The number of rotatable bonds is 13. The van der Waals surface area contributed by atoms with Gasteiger partial charge in [0.15, 0.2) is 0 Å². The van der Waals surface area contributed by atoms with E-state index in [1.807, 2.05) is 56.3 Å². The second-order valence-corrected chi connectivity index (χ2v) is 8.48. The molecule has 0 aliphatic heterocycles. The summed E-state index contributed by atoms with van der Waals surface area (Å²) in [6.45, 7) is 6.09. The minimum atomic E-state index is -0.756. The summed E-state index contributed by atoms with van der Waals surface area (Å²) in [4.78, 5) is 25.1. The highest BCUT2D eigenvalue weighted by Gasteiger charge is 2.27. The number of benzene rings is 2. The SMILES string of the molecule is CCOC(=O)N[C@H](C(=O)NN(Cc1ccc(OC)cc1)C(N)CCCc1ccccc1)C(C)C. The van der Waals surface area contributed by atoms with Gasteiger partial charge in [-0.2, -0.15) is 0 Å². The molecule has 0 saturated carbocycles. The molecule has 2 amide bonds. The van der Waals surface area contributed by atoms with Gasteiger partial charge in [-0.3, -0.25) is 10.2 Å². The van der Waals surface area contributed by atoms with E-state index in [1.165, 1.54) is 5.56 Å². The lowest BCUT2D eigenvalue weighted by Crippen LogP contribution is -2.58. The van der Waals surface area contributed by atoms with E-state index in [1.54, 1.807) is 19.0 Å². The summed E-state index contributed by atoms with van der Waals surface area (Å²) >= 11 is 0. The molecule has 0 aliphatic carbocycles. The van der Waals surface area contributed by atoms with E-state index < -0.39 is 18.3 Å². The monoisotopic (exact) mass is 470 g/mol. The average molecular weight is 471 g/mol. The van der Waals surface area contributed by atoms with Crippen molar-refractivity contribution in [3.63, 3.8) is 0 Å². The van der Waals surface area contributed by atoms with E-state index in [2.05, 4.69) is 22.9 Å². The Kier molecular flexibility index (Phi) is 11.4. The Morgan fingerprint density at radius 3 is 2.29 bits per heavy atom. The maximum Gasteiger partial charge on any atom is 0.407 e. The third kappa shape index (κ3) is 9.03. The maximum absolute atomic E-state index is 13.1. The van der Waals surface area contributed by atoms with Crippen molar-refractivity contribution in [1.29, 1.82) is 0 Å². The second kappa shape index (κ2) is 14.2. The lowest BCUT2D eigenvalue weighted by molar-refractivity contribution is -0.130. The van der Waals surface area contributed by atoms with Gasteiger partial charge >= 0.3 is 6.09 Å². The molecule has 0 aliphatic rings. The molecular weight excluding hydrogens is 432 g/mol. The summed E-state index contributed by atoms with van der Waals surface area (Å²) in [5.41, 5.74) is 11.7. The van der Waals surface area contributed by atoms with Crippen LogP contribution in [-0.4, -0.2) is 42.9 Å². The number of methoxy groups -OCH3 is 1. The molecule has 0 aromatic heterocycles. The van der Waals surface area contributed by atoms with E-state index in [4.69, 9.17) is 15.2 Å². The molecule has 0 heterocycles. The average Bonchev–Trinajstić information content (AvgIpc) is 2.83. The van der Waals surface area contributed by atoms with E-state index in [9.17, 15) is 9.59 Å². The maximum atomic E-state index is 13.1. The molecule has 0 spiro atoms. The van der Waals surface area contributed by atoms with Gasteiger partial charge in [-0.15, -0.1) is 0 Å². The topological polar surface area (TPSA) is 106 Å². The molecule has 8 heteroatoms. The first-order valence-corrected chi connectivity index (χ1v) is 11.8. The fourth-order valence-corrected chi connectivity index (χ4v) is 3.53. The van der Waals surface area contributed by atoms with Crippen molar-refractivity contribution in [2.24, 2.45) is 11.7 Å². The first kappa shape index (κ1) is 27.1. The predicted molar refractivity (Wildman–Crippen MR) is 133 cm³/mol. The van der Waals surface area contributed by atoms with Crippen LogP contribution in [0.15, 0.2) is 54.6 Å². The molecule has 0 bridgehead atoms. The molecule has 8 nitrogen and oxygen atoms in total. The normalized spacial score (nSPS) is 12.8. The highest BCUT2D eigenvalue weighted by molar-refractivity contribution is 5.85. The number of carbonyl (C=O) groups is 2. The van der Waals surface area contributed by atoms with Crippen molar-refractivity contribution in [1.82, 2.24) is 15.8 Å². The molecule has 2 atom stereocenters. The van der Waals surface area contributed by atoms with Gasteiger partial charge in [0.2, 0.25) is 0 Å². The number of hydrogen-bond acceptors (Lipinski definition) is 6. The molecule has 1 unspecified atom stereocenters. The zero-order valence-corrected chi connectivity index (χ0v) is 20.6. The van der Waals surface area contributed by atoms with Gasteiger partial charge in [0, 0.05) is 6.54 Å². The van der Waals surface area contributed by atoms with Crippen LogP contribution in [0.5, 0.6) is 5.75 Å². The van der Waals surface area contributed by atoms with Crippen molar-refractivity contribution < 1.29 is 19.1 Å². The number of alkyl carbamates (subject to hydrolysis) is 1. The van der Waals surface area contributed by atoms with Gasteiger partial charge in [-0.05, 0) is 55.4 Å². The van der Waals surface area contributed by atoms with Crippen molar-refractivity contribution in [2.45, 2.75) is 58.8 Å². The summed E-state index contributed by atoms with van der Waals surface area (Å²) in [6.07, 6.45) is 1.42. The van der Waals surface area contributed by atoms with E-state index in [0.717, 1.165) is 24.2 Å². The highest BCUT2D eigenvalue weighted by atomic mass is 16.5. The van der Waals surface area contributed by atoms with Gasteiger partial charge in [0.05, 0.1) is 19.9 Å². The third-order valence-electron chi connectivity index (χ3n) is 5.47. The molecule has 186 valence electrons. The Labute approximate surface area is 202 Å². The number of hydrogen-bond donors (Lipinski definition) is 3. The van der Waals surface area contributed by atoms with Crippen LogP contribution in [-0.2, 0) is 22.5 Å². The number of nitrogens with two attached hydrogens (primary N) is 1. The second-order valence-electron chi connectivity index (χ2n) is 8.48. The first-order valence-electron chi connectivity index (χ1n) is 11.8. The van der Waals surface area contributed by atoms with E-state index in [-0.39, 0.29) is 18.4 Å². The van der Waals surface area contributed by atoms with Gasteiger partial charge in [0.1, 0.15) is 11.8 Å². The Hall–Kier alpha value is -3.10. The minimum absolute atomic E-state index is 0.137. The Bertz CT molecular complexity index is 874.